The van der Waals surface area contributed by atoms with Gasteiger partial charge >= 0.3 is 6.09 Å². The summed E-state index contributed by atoms with van der Waals surface area (Å²) in [5.74, 6) is 0. The summed E-state index contributed by atoms with van der Waals surface area (Å²) in [7, 11) is 0. The van der Waals surface area contributed by atoms with Crippen LogP contribution in [0.5, 0.6) is 0 Å². The molecule has 1 aliphatic heterocycles. The zero-order valence-electron chi connectivity index (χ0n) is 6.66. The summed E-state index contributed by atoms with van der Waals surface area (Å²) in [6.45, 7) is 2.64. The maximum atomic E-state index is 10.7. The number of hydrogen-bond acceptors (Lipinski definition) is 3. The molecule has 0 aliphatic carbocycles. The monoisotopic (exact) mass is 183 g/mol. The Labute approximate surface area is 74.4 Å². The van der Waals surface area contributed by atoms with Gasteiger partial charge in [0.1, 0.15) is 0 Å². The fourth-order valence-electron chi connectivity index (χ4n) is 1.17. The molecule has 1 saturated heterocycles. The van der Waals surface area contributed by atoms with Crippen molar-refractivity contribution in [2.45, 2.75) is 13.0 Å². The molecule has 1 aromatic rings. The maximum absolute atomic E-state index is 10.7. The van der Waals surface area contributed by atoms with Crippen LogP contribution in [0.4, 0.5) is 4.79 Å². The molecule has 0 radical (unpaired) electrons. The van der Waals surface area contributed by atoms with Crippen molar-refractivity contribution in [3.8, 4) is 0 Å². The van der Waals surface area contributed by atoms with Gasteiger partial charge in [0.2, 0.25) is 0 Å². The van der Waals surface area contributed by atoms with Crippen LogP contribution in [0.3, 0.4) is 0 Å². The summed E-state index contributed by atoms with van der Waals surface area (Å²) >= 11 is 1.67. The minimum absolute atomic E-state index is 0.0730. The maximum Gasteiger partial charge on any atom is 0.407 e. The Morgan fingerprint density at radius 3 is 3.00 bits per heavy atom. The highest BCUT2D eigenvalue weighted by Crippen LogP contribution is 2.27. The van der Waals surface area contributed by atoms with Gasteiger partial charge in [-0.15, -0.1) is 11.3 Å². The van der Waals surface area contributed by atoms with Crippen LogP contribution in [0.25, 0.3) is 0 Å². The number of nitrogens with one attached hydrogen (secondary N) is 1. The summed E-state index contributed by atoms with van der Waals surface area (Å²) in [5.41, 5.74) is 0. The summed E-state index contributed by atoms with van der Waals surface area (Å²) < 4.78 is 5.02. The van der Waals surface area contributed by atoms with Crippen LogP contribution in [0.2, 0.25) is 0 Å². The molecule has 2 rings (SSSR count). The number of ether oxygens (including phenoxy) is 1. The zero-order chi connectivity index (χ0) is 8.55. The van der Waals surface area contributed by atoms with E-state index in [0.29, 0.717) is 6.54 Å². The lowest BCUT2D eigenvalue weighted by atomic mass is 10.3. The van der Waals surface area contributed by atoms with Crippen molar-refractivity contribution in [3.63, 3.8) is 0 Å². The van der Waals surface area contributed by atoms with Gasteiger partial charge < -0.3 is 10.1 Å². The Morgan fingerprint density at radius 1 is 1.67 bits per heavy atom. The number of cyclic esters (lactones) is 1. The van der Waals surface area contributed by atoms with E-state index in [1.54, 1.807) is 11.3 Å². The number of alkyl carbamates (subject to hydrolysis) is 1. The first-order valence-corrected chi connectivity index (χ1v) is 4.58. The smallest absolute Gasteiger partial charge is 0.407 e. The number of carbonyl (C=O) groups excluding carboxylic acids is 1. The lowest BCUT2D eigenvalue weighted by Gasteiger charge is -2.02. The van der Waals surface area contributed by atoms with Crippen molar-refractivity contribution < 1.29 is 9.53 Å². The van der Waals surface area contributed by atoms with Crippen LogP contribution in [-0.4, -0.2) is 12.6 Å². The van der Waals surface area contributed by atoms with E-state index >= 15 is 0 Å². The molecule has 4 heteroatoms. The van der Waals surface area contributed by atoms with Gasteiger partial charge in [0.25, 0.3) is 0 Å². The van der Waals surface area contributed by atoms with Crippen molar-refractivity contribution in [2.75, 3.05) is 6.54 Å². The highest BCUT2D eigenvalue weighted by atomic mass is 32.1. The lowest BCUT2D eigenvalue weighted by Crippen LogP contribution is -2.12. The molecule has 1 N–H and O–H groups in total. The molecule has 0 aromatic carbocycles. The second kappa shape index (κ2) is 2.79. The molecule has 0 saturated carbocycles. The SMILES string of the molecule is Cc1ccc(C2CNC(=O)O2)s1. The van der Waals surface area contributed by atoms with E-state index in [1.807, 2.05) is 19.1 Å². The third kappa shape index (κ3) is 1.30. The Bertz CT molecular complexity index is 308. The molecular weight excluding hydrogens is 174 g/mol. The molecular formula is C8H9NO2S. The number of thiophene rings is 1. The topological polar surface area (TPSA) is 38.3 Å². The molecule has 1 unspecified atom stereocenters. The fourth-order valence-corrected chi connectivity index (χ4v) is 2.08. The van der Waals surface area contributed by atoms with E-state index < -0.39 is 0 Å². The number of rotatable bonds is 1. The number of hydrogen-bond donors (Lipinski definition) is 1. The summed E-state index contributed by atoms with van der Waals surface area (Å²) in [4.78, 5) is 13.1. The predicted molar refractivity (Wildman–Crippen MR) is 46.3 cm³/mol. The van der Waals surface area contributed by atoms with Crippen molar-refractivity contribution in [1.82, 2.24) is 5.32 Å². The van der Waals surface area contributed by atoms with Gasteiger partial charge in [-0.2, -0.15) is 0 Å². The first kappa shape index (κ1) is 7.61. The van der Waals surface area contributed by atoms with Crippen molar-refractivity contribution in [2.24, 2.45) is 0 Å². The average Bonchev–Trinajstić information content (AvgIpc) is 2.58. The van der Waals surface area contributed by atoms with Crippen LogP contribution in [0, 0.1) is 6.92 Å². The molecule has 1 fully saturated rings. The van der Waals surface area contributed by atoms with E-state index in [2.05, 4.69) is 5.32 Å². The van der Waals surface area contributed by atoms with E-state index in [4.69, 9.17) is 4.74 Å². The normalized spacial score (nSPS) is 22.1. The Hall–Kier alpha value is -1.03. The highest BCUT2D eigenvalue weighted by Gasteiger charge is 2.24. The van der Waals surface area contributed by atoms with Crippen molar-refractivity contribution in [1.29, 1.82) is 0 Å². The van der Waals surface area contributed by atoms with Crippen LogP contribution in [0.1, 0.15) is 15.9 Å². The van der Waals surface area contributed by atoms with Gasteiger partial charge in [-0.1, -0.05) is 0 Å². The van der Waals surface area contributed by atoms with E-state index in [1.165, 1.54) is 4.88 Å². The summed E-state index contributed by atoms with van der Waals surface area (Å²) in [6.07, 6.45) is -0.387. The third-order valence-corrected chi connectivity index (χ3v) is 2.85. The second-order valence-corrected chi connectivity index (χ2v) is 4.04. The van der Waals surface area contributed by atoms with Gasteiger partial charge in [0.15, 0.2) is 6.10 Å². The van der Waals surface area contributed by atoms with Crippen LogP contribution < -0.4 is 5.32 Å². The Balaban J connectivity index is 2.15. The first-order valence-electron chi connectivity index (χ1n) is 3.76. The molecule has 64 valence electrons. The lowest BCUT2D eigenvalue weighted by molar-refractivity contribution is 0.142. The number of carbonyl (C=O) groups is 1. The molecule has 3 nitrogen and oxygen atoms in total. The second-order valence-electron chi connectivity index (χ2n) is 2.72. The van der Waals surface area contributed by atoms with Crippen LogP contribution in [-0.2, 0) is 4.74 Å². The van der Waals surface area contributed by atoms with E-state index in [0.717, 1.165) is 4.88 Å². The molecule has 0 spiro atoms. The molecule has 0 bridgehead atoms. The molecule has 1 aliphatic rings. The van der Waals surface area contributed by atoms with Gasteiger partial charge in [-0.05, 0) is 19.1 Å². The van der Waals surface area contributed by atoms with Crippen LogP contribution >= 0.6 is 11.3 Å². The minimum Gasteiger partial charge on any atom is -0.439 e. The predicted octanol–water partition coefficient (Wildman–Crippen LogP) is 1.84. The minimum atomic E-state index is -0.314. The standard InChI is InChI=1S/C8H9NO2S/c1-5-2-3-7(12-5)6-4-9-8(10)11-6/h2-3,6H,4H2,1H3,(H,9,10). The quantitative estimate of drug-likeness (QED) is 0.721. The molecule has 1 aromatic heterocycles. The molecule has 1 amide bonds. The fraction of sp³-hybridized carbons (Fsp3) is 0.375. The Morgan fingerprint density at radius 2 is 2.50 bits per heavy atom. The largest absolute Gasteiger partial charge is 0.439 e. The Kier molecular flexibility index (Phi) is 1.77. The molecule has 1 atom stereocenters. The third-order valence-electron chi connectivity index (χ3n) is 1.76. The van der Waals surface area contributed by atoms with Gasteiger partial charge in [-0.25, -0.2) is 4.79 Å². The van der Waals surface area contributed by atoms with E-state index in [9.17, 15) is 4.79 Å². The van der Waals surface area contributed by atoms with Gasteiger partial charge in [0, 0.05) is 9.75 Å². The van der Waals surface area contributed by atoms with Gasteiger partial charge in [0.05, 0.1) is 6.54 Å². The van der Waals surface area contributed by atoms with Gasteiger partial charge in [-0.3, -0.25) is 0 Å². The van der Waals surface area contributed by atoms with Crippen molar-refractivity contribution >= 4 is 17.4 Å². The molecule has 2 heterocycles. The van der Waals surface area contributed by atoms with Crippen molar-refractivity contribution in [3.05, 3.63) is 21.9 Å². The summed E-state index contributed by atoms with van der Waals surface area (Å²) in [6, 6.07) is 4.04. The number of aryl methyl sites for hydroxylation is 1. The number of amides is 1. The first-order chi connectivity index (χ1) is 5.75. The summed E-state index contributed by atoms with van der Waals surface area (Å²) in [5, 5.41) is 2.62. The zero-order valence-corrected chi connectivity index (χ0v) is 7.48. The molecule has 12 heavy (non-hydrogen) atoms. The average molecular weight is 183 g/mol. The van der Waals surface area contributed by atoms with Crippen LogP contribution in [0.15, 0.2) is 12.1 Å². The van der Waals surface area contributed by atoms with E-state index in [-0.39, 0.29) is 12.2 Å². The highest BCUT2D eigenvalue weighted by molar-refractivity contribution is 7.12.